The van der Waals surface area contributed by atoms with Gasteiger partial charge in [-0.2, -0.15) is 6.32 Å². The molecule has 0 unspecified atom stereocenters. The zero-order valence-electron chi connectivity index (χ0n) is 1.99. The molecule has 0 saturated heterocycles. The summed E-state index contributed by atoms with van der Waals surface area (Å²) in [5.74, 6) is 0. The van der Waals surface area contributed by atoms with E-state index >= 15 is 0 Å². The Morgan fingerprint density at radius 3 is 2.25 bits per heavy atom. The van der Waals surface area contributed by atoms with Crippen molar-refractivity contribution in [2.75, 3.05) is 0 Å². The molecular formula is C3H8B-. The lowest BCUT2D eigenvalue weighted by atomic mass is 10.1. The van der Waals surface area contributed by atoms with Crippen LogP contribution in [0.1, 0.15) is 0 Å². The van der Waals surface area contributed by atoms with Crippen molar-refractivity contribution in [3.8, 4) is 0 Å². The average Bonchev–Trinajstić information content (AvgIpc) is 1.37. The summed E-state index contributed by atoms with van der Waals surface area (Å²) in [6, 6.07) is 0. The number of hydrogen-bond donors (Lipinski definition) is 0. The molecule has 0 heterocycles. The molecular weight excluding hydrogens is 46.8 g/mol. The monoisotopic (exact) mass is 55.1 g/mol. The van der Waals surface area contributed by atoms with Gasteiger partial charge in [0.25, 0.3) is 0 Å². The molecule has 0 aliphatic carbocycles. The minimum absolute atomic E-state index is 0.639. The van der Waals surface area contributed by atoms with Gasteiger partial charge >= 0.3 is 0 Å². The predicted octanol–water partition coefficient (Wildman–Crippen LogP) is -0.0439. The highest BCUT2D eigenvalue weighted by molar-refractivity contribution is 6.09. The maximum absolute atomic E-state index is 3.54. The van der Waals surface area contributed by atoms with Gasteiger partial charge in [0.1, 0.15) is 0 Å². The van der Waals surface area contributed by atoms with Crippen molar-refractivity contribution in [3.63, 3.8) is 0 Å². The molecule has 0 aliphatic heterocycles. The first-order valence-electron chi connectivity index (χ1n) is 0.816. The molecule has 0 aromatic rings. The van der Waals surface area contributed by atoms with Crippen LogP contribution in [0, 0.1) is 0 Å². The topological polar surface area (TPSA) is 0 Å². The van der Waals surface area contributed by atoms with Gasteiger partial charge in [-0.15, -0.1) is 12.7 Å². The fourth-order valence-electron chi connectivity index (χ4n) is 0. The van der Waals surface area contributed by atoms with Gasteiger partial charge in [-0.1, -0.05) is 0 Å². The molecule has 24 valence electrons. The molecule has 0 saturated carbocycles. The summed E-state index contributed by atoms with van der Waals surface area (Å²) in [7, 11) is 0.639. The highest BCUT2D eigenvalue weighted by Gasteiger charge is 1.38. The molecule has 0 aliphatic rings. The fraction of sp³-hybridized carbons (Fsp3) is 0.333. The lowest BCUT2D eigenvalue weighted by Crippen LogP contribution is -1.47. The highest BCUT2D eigenvalue weighted by Crippen LogP contribution is 1.61. The van der Waals surface area contributed by atoms with E-state index in [0.717, 1.165) is 0 Å². The van der Waals surface area contributed by atoms with Crippen LogP contribution >= 0.6 is 0 Å². The fourth-order valence-corrected chi connectivity index (χ4v) is 0. The van der Waals surface area contributed by atoms with Crippen LogP contribution in [0.15, 0.2) is 12.7 Å². The smallest absolute Gasteiger partial charge is 0.0437 e. The van der Waals surface area contributed by atoms with Crippen molar-refractivity contribution >= 4 is 7.85 Å². The second-order valence-corrected chi connectivity index (χ2v) is 0.289. The van der Waals surface area contributed by atoms with E-state index in [4.69, 9.17) is 0 Å². The third-order valence-corrected chi connectivity index (χ3v) is 0. The second-order valence-electron chi connectivity index (χ2n) is 0.289. The summed E-state index contributed by atoms with van der Waals surface area (Å²) in [5.41, 5.74) is 0. The van der Waals surface area contributed by atoms with Crippen LogP contribution in [0.3, 0.4) is 0 Å². The van der Waals surface area contributed by atoms with Crippen LogP contribution in [0.25, 0.3) is 0 Å². The summed E-state index contributed by atoms with van der Waals surface area (Å²) in [6.45, 7) is 3.54. The van der Waals surface area contributed by atoms with Crippen LogP contribution in [0.2, 0.25) is 6.32 Å². The first-order chi connectivity index (χ1) is 1.91. The number of rotatable bonds is 1. The SMILES string of the molecule is [BH3-]CC=C. The number of allylic oxidation sites excluding steroid dienone is 1. The van der Waals surface area contributed by atoms with Crippen LogP contribution in [-0.2, 0) is 0 Å². The highest BCUT2D eigenvalue weighted by atomic mass is 13.4. The van der Waals surface area contributed by atoms with E-state index in [1.807, 2.05) is 6.08 Å². The van der Waals surface area contributed by atoms with Gasteiger partial charge < -0.3 is 0 Å². The van der Waals surface area contributed by atoms with E-state index in [0.29, 0.717) is 7.85 Å². The van der Waals surface area contributed by atoms with Crippen molar-refractivity contribution in [2.24, 2.45) is 0 Å². The first-order valence-corrected chi connectivity index (χ1v) is 0.816. The van der Waals surface area contributed by atoms with E-state index in [1.54, 1.807) is 0 Å². The minimum atomic E-state index is 0.639. The summed E-state index contributed by atoms with van der Waals surface area (Å²) < 4.78 is 0. The van der Waals surface area contributed by atoms with E-state index in [2.05, 4.69) is 6.58 Å². The molecule has 0 bridgehead atoms. The molecule has 0 spiro atoms. The van der Waals surface area contributed by atoms with Crippen LogP contribution < -0.4 is 0 Å². The van der Waals surface area contributed by atoms with Gasteiger partial charge in [0, 0.05) is 0 Å². The Hall–Kier alpha value is -0.195. The Morgan fingerprint density at radius 2 is 2.25 bits per heavy atom. The molecule has 0 aromatic carbocycles. The maximum Gasteiger partial charge on any atom is -0.0437 e. The molecule has 0 rings (SSSR count). The average molecular weight is 54.9 g/mol. The van der Waals surface area contributed by atoms with Crippen molar-refractivity contribution < 1.29 is 0 Å². The van der Waals surface area contributed by atoms with Crippen molar-refractivity contribution in [2.45, 2.75) is 6.32 Å². The van der Waals surface area contributed by atoms with Crippen molar-refractivity contribution in [1.82, 2.24) is 0 Å². The minimum Gasteiger partial charge on any atom is -0.169 e. The molecule has 4 heavy (non-hydrogen) atoms. The van der Waals surface area contributed by atoms with Crippen molar-refractivity contribution in [1.29, 1.82) is 0 Å². The van der Waals surface area contributed by atoms with Gasteiger partial charge in [0.2, 0.25) is 0 Å². The molecule has 0 aromatic heterocycles. The van der Waals surface area contributed by atoms with Crippen LogP contribution in [0.4, 0.5) is 0 Å². The molecule has 0 amide bonds. The summed E-state index contributed by atoms with van der Waals surface area (Å²) in [4.78, 5) is 0. The van der Waals surface area contributed by atoms with Gasteiger partial charge in [0.05, 0.1) is 0 Å². The van der Waals surface area contributed by atoms with E-state index in [9.17, 15) is 0 Å². The van der Waals surface area contributed by atoms with E-state index in [-0.39, 0.29) is 0 Å². The standard InChI is InChI=1S/C3H8B/c1-2-3-4/h2H,1,3H2,4H3/q-1. The molecule has 1 heteroatoms. The lowest BCUT2D eigenvalue weighted by Gasteiger charge is -1.64. The molecule has 0 nitrogen and oxygen atoms in total. The number of hydrogen-bond acceptors (Lipinski definition) is 0. The second kappa shape index (κ2) is 2.80. The van der Waals surface area contributed by atoms with Gasteiger partial charge in [0.15, 0.2) is 0 Å². The molecule has 0 atom stereocenters. The summed E-state index contributed by atoms with van der Waals surface area (Å²) in [5, 5.41) is 0. The molecule has 0 radical (unpaired) electrons. The van der Waals surface area contributed by atoms with Gasteiger partial charge in [-0.25, -0.2) is 0 Å². The predicted molar refractivity (Wildman–Crippen MR) is 24.9 cm³/mol. The van der Waals surface area contributed by atoms with Crippen LogP contribution in [-0.4, -0.2) is 7.85 Å². The third kappa shape index (κ3) is 1.80. The van der Waals surface area contributed by atoms with Gasteiger partial charge in [-0.3, -0.25) is 0 Å². The Labute approximate surface area is 27.9 Å². The largest absolute Gasteiger partial charge is 0.169 e. The molecule has 0 N–H and O–H groups in total. The zero-order chi connectivity index (χ0) is 3.41. The first kappa shape index (κ1) is 3.80. The quantitative estimate of drug-likeness (QED) is 0.291. The van der Waals surface area contributed by atoms with Gasteiger partial charge in [-0.05, 0) is 7.85 Å². The summed E-state index contributed by atoms with van der Waals surface area (Å²) in [6.07, 6.45) is 3.32. The van der Waals surface area contributed by atoms with E-state index < -0.39 is 0 Å². The Morgan fingerprint density at radius 1 is 2.00 bits per heavy atom. The van der Waals surface area contributed by atoms with Crippen LogP contribution in [0.5, 0.6) is 0 Å². The Bertz CT molecular complexity index is 17.2. The zero-order valence-corrected chi connectivity index (χ0v) is 1.99. The molecule has 0 fully saturated rings. The Balaban J connectivity index is 2.30. The third-order valence-electron chi connectivity index (χ3n) is 0. The maximum atomic E-state index is 3.54. The summed E-state index contributed by atoms with van der Waals surface area (Å²) >= 11 is 0. The lowest BCUT2D eigenvalue weighted by molar-refractivity contribution is 1.76. The van der Waals surface area contributed by atoms with Crippen molar-refractivity contribution in [3.05, 3.63) is 12.7 Å². The van der Waals surface area contributed by atoms with E-state index in [1.165, 1.54) is 6.32 Å². The Kier molecular flexibility index (Phi) is 2.67. The normalized spacial score (nSPS) is 6.25.